The van der Waals surface area contributed by atoms with E-state index in [9.17, 15) is 9.00 Å². The Morgan fingerprint density at radius 2 is 2.00 bits per heavy atom. The highest BCUT2D eigenvalue weighted by atomic mass is 32.2. The van der Waals surface area contributed by atoms with E-state index in [1.54, 1.807) is 0 Å². The number of hydrogen-bond donors (Lipinski definition) is 4. The molecule has 1 amide bonds. The standard InChI is InChI=1S/C6H12N2O4S/c9-5(8-10)6(13(11)12)1-3-7-4-2-6/h7,10H,1-4H2,(H,8,9)(H,11,12). The second-order valence-electron chi connectivity index (χ2n) is 2.93. The van der Waals surface area contributed by atoms with E-state index in [0.29, 0.717) is 13.1 Å². The fourth-order valence-corrected chi connectivity index (χ4v) is 2.17. The normalized spacial score (nSPS) is 23.5. The largest absolute Gasteiger partial charge is 0.317 e. The molecule has 0 aliphatic carbocycles. The number of rotatable bonds is 2. The van der Waals surface area contributed by atoms with Crippen LogP contribution in [-0.4, -0.2) is 37.7 Å². The van der Waals surface area contributed by atoms with Crippen LogP contribution in [0.25, 0.3) is 0 Å². The maximum Gasteiger partial charge on any atom is 0.264 e. The highest BCUT2D eigenvalue weighted by molar-refractivity contribution is 7.81. The fraction of sp³-hybridized carbons (Fsp3) is 0.833. The van der Waals surface area contributed by atoms with Crippen LogP contribution < -0.4 is 10.8 Å². The van der Waals surface area contributed by atoms with Gasteiger partial charge in [-0.05, 0) is 25.9 Å². The van der Waals surface area contributed by atoms with Crippen molar-refractivity contribution in [1.29, 1.82) is 0 Å². The van der Waals surface area contributed by atoms with E-state index in [4.69, 9.17) is 9.76 Å². The Morgan fingerprint density at radius 1 is 1.46 bits per heavy atom. The van der Waals surface area contributed by atoms with E-state index in [1.807, 2.05) is 0 Å². The molecule has 1 heterocycles. The van der Waals surface area contributed by atoms with Crippen molar-refractivity contribution in [3.8, 4) is 0 Å². The molecule has 0 aromatic rings. The molecular formula is C6H12N2O4S. The average Bonchev–Trinajstić information content (AvgIpc) is 2.17. The number of hydrogen-bond acceptors (Lipinski definition) is 4. The van der Waals surface area contributed by atoms with Gasteiger partial charge < -0.3 is 9.87 Å². The molecule has 0 aromatic carbocycles. The predicted molar refractivity (Wildman–Crippen MR) is 45.5 cm³/mol. The first-order valence-electron chi connectivity index (χ1n) is 3.90. The van der Waals surface area contributed by atoms with E-state index in [0.717, 1.165) is 0 Å². The van der Waals surface area contributed by atoms with Crippen LogP contribution in [0.4, 0.5) is 0 Å². The summed E-state index contributed by atoms with van der Waals surface area (Å²) in [5, 5.41) is 11.4. The highest BCUT2D eigenvalue weighted by Crippen LogP contribution is 2.24. The summed E-state index contributed by atoms with van der Waals surface area (Å²) in [5.74, 6) is -0.783. The van der Waals surface area contributed by atoms with Crippen LogP contribution >= 0.6 is 0 Å². The third-order valence-electron chi connectivity index (χ3n) is 2.26. The Morgan fingerprint density at radius 3 is 2.38 bits per heavy atom. The topological polar surface area (TPSA) is 98.7 Å². The van der Waals surface area contributed by atoms with Crippen LogP contribution in [0.5, 0.6) is 0 Å². The molecule has 76 valence electrons. The smallest absolute Gasteiger partial charge is 0.264 e. The minimum atomic E-state index is -2.25. The first-order valence-corrected chi connectivity index (χ1v) is 5.00. The van der Waals surface area contributed by atoms with Crippen molar-refractivity contribution in [3.63, 3.8) is 0 Å². The molecule has 1 saturated heterocycles. The minimum absolute atomic E-state index is 0.252. The average molecular weight is 208 g/mol. The van der Waals surface area contributed by atoms with Crippen LogP contribution in [0.3, 0.4) is 0 Å². The van der Waals surface area contributed by atoms with Crippen LogP contribution in [0.2, 0.25) is 0 Å². The molecule has 1 atom stereocenters. The Hall–Kier alpha value is -0.500. The SMILES string of the molecule is O=C(NO)C1(S(=O)O)CCNCC1. The molecule has 13 heavy (non-hydrogen) atoms. The van der Waals surface area contributed by atoms with Crippen molar-refractivity contribution in [3.05, 3.63) is 0 Å². The molecule has 0 saturated carbocycles. The number of carbonyl (C=O) groups excluding carboxylic acids is 1. The Kier molecular flexibility index (Phi) is 3.37. The Bertz CT molecular complexity index is 227. The Balaban J connectivity index is 2.85. The molecule has 4 N–H and O–H groups in total. The third kappa shape index (κ3) is 1.88. The van der Waals surface area contributed by atoms with Gasteiger partial charge in [-0.1, -0.05) is 0 Å². The summed E-state index contributed by atoms with van der Waals surface area (Å²) in [7, 11) is 0. The van der Waals surface area contributed by atoms with Crippen molar-refractivity contribution in [2.75, 3.05) is 13.1 Å². The van der Waals surface area contributed by atoms with Gasteiger partial charge in [0.05, 0.1) is 0 Å². The van der Waals surface area contributed by atoms with Gasteiger partial charge in [0, 0.05) is 0 Å². The predicted octanol–water partition coefficient (Wildman–Crippen LogP) is -1.16. The van der Waals surface area contributed by atoms with E-state index >= 15 is 0 Å². The zero-order valence-electron chi connectivity index (χ0n) is 6.95. The number of hydroxylamine groups is 1. The molecule has 1 unspecified atom stereocenters. The minimum Gasteiger partial charge on any atom is -0.317 e. The second kappa shape index (κ2) is 4.14. The molecule has 1 aliphatic rings. The van der Waals surface area contributed by atoms with Gasteiger partial charge in [0.25, 0.3) is 5.91 Å². The van der Waals surface area contributed by atoms with Crippen molar-refractivity contribution in [2.45, 2.75) is 17.6 Å². The molecule has 0 bridgehead atoms. The summed E-state index contributed by atoms with van der Waals surface area (Å²) < 4.78 is 18.6. The summed E-state index contributed by atoms with van der Waals surface area (Å²) in [4.78, 5) is 11.2. The van der Waals surface area contributed by atoms with Crippen molar-refractivity contribution >= 4 is 17.0 Å². The molecule has 0 radical (unpaired) electrons. The van der Waals surface area contributed by atoms with Crippen molar-refractivity contribution in [2.24, 2.45) is 0 Å². The molecule has 1 fully saturated rings. The highest BCUT2D eigenvalue weighted by Gasteiger charge is 2.45. The molecule has 1 aliphatic heterocycles. The van der Waals surface area contributed by atoms with Crippen LogP contribution in [0.1, 0.15) is 12.8 Å². The molecule has 7 heteroatoms. The third-order valence-corrected chi connectivity index (χ3v) is 3.52. The number of amides is 1. The summed E-state index contributed by atoms with van der Waals surface area (Å²) >= 11 is -2.25. The van der Waals surface area contributed by atoms with Gasteiger partial charge in [-0.15, -0.1) is 0 Å². The lowest BCUT2D eigenvalue weighted by Gasteiger charge is -2.31. The van der Waals surface area contributed by atoms with Gasteiger partial charge in [0.1, 0.15) is 0 Å². The molecular weight excluding hydrogens is 196 g/mol. The number of carbonyl (C=O) groups is 1. The lowest BCUT2D eigenvalue weighted by molar-refractivity contribution is -0.132. The summed E-state index contributed by atoms with van der Waals surface area (Å²) in [6.07, 6.45) is 0.505. The summed E-state index contributed by atoms with van der Waals surface area (Å²) in [6, 6.07) is 0. The van der Waals surface area contributed by atoms with E-state index in [1.165, 1.54) is 5.48 Å². The Labute approximate surface area is 77.9 Å². The summed E-state index contributed by atoms with van der Waals surface area (Å²) in [5.41, 5.74) is 1.44. The number of piperidine rings is 1. The van der Waals surface area contributed by atoms with Crippen LogP contribution in [-0.2, 0) is 15.9 Å². The summed E-state index contributed by atoms with van der Waals surface area (Å²) in [6.45, 7) is 0.999. The molecule has 0 spiro atoms. The van der Waals surface area contributed by atoms with Gasteiger partial charge in [-0.2, -0.15) is 0 Å². The number of nitrogens with one attached hydrogen (secondary N) is 2. The molecule has 0 aromatic heterocycles. The van der Waals surface area contributed by atoms with E-state index in [2.05, 4.69) is 5.32 Å². The monoisotopic (exact) mass is 208 g/mol. The van der Waals surface area contributed by atoms with Gasteiger partial charge in [0.2, 0.25) is 0 Å². The van der Waals surface area contributed by atoms with Crippen molar-refractivity contribution < 1.29 is 18.8 Å². The maximum absolute atomic E-state index is 11.2. The quantitative estimate of drug-likeness (QED) is 0.260. The van der Waals surface area contributed by atoms with E-state index in [-0.39, 0.29) is 12.8 Å². The second-order valence-corrected chi connectivity index (χ2v) is 4.21. The van der Waals surface area contributed by atoms with Crippen molar-refractivity contribution in [1.82, 2.24) is 10.8 Å². The zero-order valence-corrected chi connectivity index (χ0v) is 7.76. The first kappa shape index (κ1) is 10.6. The first-order chi connectivity index (χ1) is 6.13. The van der Waals surface area contributed by atoms with Crippen LogP contribution in [0, 0.1) is 0 Å². The fourth-order valence-electron chi connectivity index (χ4n) is 1.41. The lowest BCUT2D eigenvalue weighted by atomic mass is 9.96. The van der Waals surface area contributed by atoms with Crippen LogP contribution in [0.15, 0.2) is 0 Å². The lowest BCUT2D eigenvalue weighted by Crippen LogP contribution is -2.54. The molecule has 6 nitrogen and oxygen atoms in total. The zero-order chi connectivity index (χ0) is 9.90. The van der Waals surface area contributed by atoms with Gasteiger partial charge in [0.15, 0.2) is 15.8 Å². The van der Waals surface area contributed by atoms with Gasteiger partial charge >= 0.3 is 0 Å². The van der Waals surface area contributed by atoms with Gasteiger partial charge in [-0.25, -0.2) is 9.69 Å². The van der Waals surface area contributed by atoms with Gasteiger partial charge in [-0.3, -0.25) is 10.0 Å². The maximum atomic E-state index is 11.2. The molecule has 1 rings (SSSR count). The van der Waals surface area contributed by atoms with E-state index < -0.39 is 21.7 Å².